The van der Waals surface area contributed by atoms with Gasteiger partial charge in [-0.05, 0) is 61.7 Å². The van der Waals surface area contributed by atoms with Gasteiger partial charge in [0.05, 0.1) is 0 Å². The predicted octanol–water partition coefficient (Wildman–Crippen LogP) is 1.08. The quantitative estimate of drug-likeness (QED) is 0.774. The van der Waals surface area contributed by atoms with E-state index in [0.29, 0.717) is 6.42 Å². The molecule has 21 heavy (non-hydrogen) atoms. The predicted molar refractivity (Wildman–Crippen MR) is 75.0 cm³/mol. The van der Waals surface area contributed by atoms with Crippen molar-refractivity contribution in [3.63, 3.8) is 0 Å². The average molecular weight is 290 g/mol. The van der Waals surface area contributed by atoms with Crippen LogP contribution in [0.5, 0.6) is 0 Å². The first-order chi connectivity index (χ1) is 10.0. The molecular weight excluding hydrogens is 268 g/mol. The van der Waals surface area contributed by atoms with Crippen LogP contribution in [-0.2, 0) is 14.4 Å². The molecule has 0 aromatic carbocycles. The molecule has 3 amide bonds. The minimum Gasteiger partial charge on any atom is -0.324 e. The summed E-state index contributed by atoms with van der Waals surface area (Å²) in [6.07, 6.45) is 8.15. The lowest BCUT2D eigenvalue weighted by atomic mass is 9.49. The third-order valence-corrected chi connectivity index (χ3v) is 5.99. The monoisotopic (exact) mass is 290 g/mol. The third kappa shape index (κ3) is 2.36. The Bertz CT molecular complexity index is 462. The molecule has 0 unspecified atom stereocenters. The maximum absolute atomic E-state index is 12.6. The van der Waals surface area contributed by atoms with Crippen molar-refractivity contribution < 1.29 is 14.4 Å². The van der Waals surface area contributed by atoms with Gasteiger partial charge in [-0.3, -0.25) is 19.7 Å². The second-order valence-electron chi connectivity index (χ2n) is 7.82. The van der Waals surface area contributed by atoms with Gasteiger partial charge in [-0.15, -0.1) is 0 Å². The molecule has 0 aromatic heterocycles. The lowest BCUT2D eigenvalue weighted by molar-refractivity contribution is -0.149. The number of carbonyl (C=O) groups is 3. The first-order valence-electron chi connectivity index (χ1n) is 8.12. The summed E-state index contributed by atoms with van der Waals surface area (Å²) in [5.74, 6) is 1.73. The molecular formula is C16H22N2O3. The highest BCUT2D eigenvalue weighted by atomic mass is 16.2. The number of imide groups is 1. The zero-order valence-corrected chi connectivity index (χ0v) is 12.3. The number of hydrogen-bond acceptors (Lipinski definition) is 3. The minimum absolute atomic E-state index is 0.000139. The lowest BCUT2D eigenvalue weighted by Crippen LogP contribution is -2.55. The Balaban J connectivity index is 1.47. The molecule has 1 aliphatic heterocycles. The Labute approximate surface area is 124 Å². The first kappa shape index (κ1) is 13.3. The van der Waals surface area contributed by atoms with Crippen LogP contribution in [-0.4, -0.2) is 35.7 Å². The van der Waals surface area contributed by atoms with Gasteiger partial charge in [0.25, 0.3) is 0 Å². The van der Waals surface area contributed by atoms with Crippen LogP contribution >= 0.6 is 0 Å². The SMILES string of the molecule is O=C1CN(C(=O)CC23CC4CC(CC(C4)C2)C3)CC(=O)N1. The van der Waals surface area contributed by atoms with Crippen LogP contribution in [0.3, 0.4) is 0 Å². The molecule has 0 spiro atoms. The van der Waals surface area contributed by atoms with Crippen molar-refractivity contribution in [1.29, 1.82) is 0 Å². The summed E-state index contributed by atoms with van der Waals surface area (Å²) in [6.45, 7) is 0.0773. The number of nitrogens with one attached hydrogen (secondary N) is 1. The van der Waals surface area contributed by atoms with E-state index in [2.05, 4.69) is 5.32 Å². The van der Waals surface area contributed by atoms with Crippen molar-refractivity contribution in [2.45, 2.75) is 44.9 Å². The van der Waals surface area contributed by atoms with Crippen LogP contribution in [0.15, 0.2) is 0 Å². The second-order valence-corrected chi connectivity index (χ2v) is 7.82. The zero-order chi connectivity index (χ0) is 14.6. The van der Waals surface area contributed by atoms with E-state index >= 15 is 0 Å². The van der Waals surface area contributed by atoms with Crippen LogP contribution < -0.4 is 5.32 Å². The highest BCUT2D eigenvalue weighted by Gasteiger charge is 2.51. The molecule has 5 rings (SSSR count). The van der Waals surface area contributed by atoms with E-state index in [1.54, 1.807) is 0 Å². The van der Waals surface area contributed by atoms with E-state index in [0.717, 1.165) is 17.8 Å². The fraction of sp³-hybridized carbons (Fsp3) is 0.812. The molecule has 4 aliphatic carbocycles. The molecule has 5 nitrogen and oxygen atoms in total. The van der Waals surface area contributed by atoms with E-state index in [1.165, 1.54) is 43.4 Å². The molecule has 5 heteroatoms. The average Bonchev–Trinajstić information content (AvgIpc) is 2.35. The van der Waals surface area contributed by atoms with Gasteiger partial charge in [0, 0.05) is 6.42 Å². The largest absolute Gasteiger partial charge is 0.324 e. The highest BCUT2D eigenvalue weighted by molar-refractivity contribution is 6.02. The second kappa shape index (κ2) is 4.55. The van der Waals surface area contributed by atoms with E-state index in [9.17, 15) is 14.4 Å². The third-order valence-electron chi connectivity index (χ3n) is 5.99. The number of rotatable bonds is 2. The number of piperazine rings is 1. The molecule has 5 aliphatic rings. The summed E-state index contributed by atoms with van der Waals surface area (Å²) in [6, 6.07) is 0. The van der Waals surface area contributed by atoms with Crippen molar-refractivity contribution in [3.05, 3.63) is 0 Å². The summed E-state index contributed by atoms with van der Waals surface area (Å²) in [5, 5.41) is 2.25. The zero-order valence-electron chi connectivity index (χ0n) is 12.3. The summed E-state index contributed by atoms with van der Waals surface area (Å²) in [7, 11) is 0. The normalized spacial score (nSPS) is 41.3. The van der Waals surface area contributed by atoms with Crippen LogP contribution in [0.25, 0.3) is 0 Å². The van der Waals surface area contributed by atoms with E-state index in [4.69, 9.17) is 0 Å². The van der Waals surface area contributed by atoms with Crippen molar-refractivity contribution >= 4 is 17.7 Å². The van der Waals surface area contributed by atoms with E-state index in [-0.39, 0.29) is 36.2 Å². The number of nitrogens with zero attached hydrogens (tertiary/aromatic N) is 1. The first-order valence-corrected chi connectivity index (χ1v) is 8.12. The van der Waals surface area contributed by atoms with Gasteiger partial charge in [-0.1, -0.05) is 0 Å². The van der Waals surface area contributed by atoms with Crippen LogP contribution in [0.2, 0.25) is 0 Å². The molecule has 0 radical (unpaired) electrons. The summed E-state index contributed by atoms with van der Waals surface area (Å²) in [5.41, 5.74) is 0.169. The van der Waals surface area contributed by atoms with Crippen molar-refractivity contribution in [2.24, 2.45) is 23.2 Å². The topological polar surface area (TPSA) is 66.5 Å². The summed E-state index contributed by atoms with van der Waals surface area (Å²) < 4.78 is 0. The van der Waals surface area contributed by atoms with Gasteiger partial charge in [-0.25, -0.2) is 0 Å². The maximum Gasteiger partial charge on any atom is 0.246 e. The van der Waals surface area contributed by atoms with Gasteiger partial charge >= 0.3 is 0 Å². The molecule has 1 heterocycles. The Morgan fingerprint density at radius 3 is 1.95 bits per heavy atom. The Morgan fingerprint density at radius 2 is 1.48 bits per heavy atom. The van der Waals surface area contributed by atoms with Crippen molar-refractivity contribution in [1.82, 2.24) is 10.2 Å². The Kier molecular flexibility index (Phi) is 2.88. The summed E-state index contributed by atoms with van der Waals surface area (Å²) in [4.78, 5) is 36.9. The fourth-order valence-corrected chi connectivity index (χ4v) is 5.75. The van der Waals surface area contributed by atoms with E-state index < -0.39 is 0 Å². The number of hydrogen-bond donors (Lipinski definition) is 1. The van der Waals surface area contributed by atoms with Gasteiger partial charge in [0.15, 0.2) is 0 Å². The molecule has 114 valence electrons. The van der Waals surface area contributed by atoms with Crippen LogP contribution in [0.4, 0.5) is 0 Å². The van der Waals surface area contributed by atoms with Gasteiger partial charge in [0.1, 0.15) is 13.1 Å². The smallest absolute Gasteiger partial charge is 0.246 e. The standard InChI is InChI=1S/C16H22N2O3/c19-13-8-18(9-14(20)17-13)15(21)7-16-4-10-1-11(5-16)3-12(2-10)6-16/h10-12H,1-9H2,(H,17,19,20). The van der Waals surface area contributed by atoms with Crippen molar-refractivity contribution in [2.75, 3.05) is 13.1 Å². The van der Waals surface area contributed by atoms with Gasteiger partial charge < -0.3 is 4.90 Å². The molecule has 0 aromatic rings. The lowest BCUT2D eigenvalue weighted by Gasteiger charge is -2.57. The molecule has 4 bridgehead atoms. The minimum atomic E-state index is -0.356. The molecule has 1 saturated heterocycles. The molecule has 0 atom stereocenters. The van der Waals surface area contributed by atoms with Gasteiger partial charge in [0.2, 0.25) is 17.7 Å². The Hall–Kier alpha value is -1.39. The Morgan fingerprint density at radius 1 is 1.00 bits per heavy atom. The molecule has 1 N–H and O–H groups in total. The number of amides is 3. The molecule has 4 saturated carbocycles. The van der Waals surface area contributed by atoms with E-state index in [1.807, 2.05) is 0 Å². The number of carbonyl (C=O) groups excluding carboxylic acids is 3. The summed E-state index contributed by atoms with van der Waals surface area (Å²) >= 11 is 0. The van der Waals surface area contributed by atoms with Crippen molar-refractivity contribution in [3.8, 4) is 0 Å². The van der Waals surface area contributed by atoms with Crippen LogP contribution in [0, 0.1) is 23.2 Å². The van der Waals surface area contributed by atoms with Crippen LogP contribution in [0.1, 0.15) is 44.9 Å². The van der Waals surface area contributed by atoms with Gasteiger partial charge in [-0.2, -0.15) is 0 Å². The molecule has 5 fully saturated rings. The highest BCUT2D eigenvalue weighted by Crippen LogP contribution is 2.61. The fourth-order valence-electron chi connectivity index (χ4n) is 5.75. The maximum atomic E-state index is 12.6.